The summed E-state index contributed by atoms with van der Waals surface area (Å²) in [6.45, 7) is 0. The number of methoxy groups -OCH3 is 1. The molecule has 0 aliphatic heterocycles. The lowest BCUT2D eigenvalue weighted by Gasteiger charge is -1.97. The van der Waals surface area contributed by atoms with Crippen LogP contribution in [-0.2, 0) is 4.74 Å². The smallest absolute Gasteiger partial charge is 0.337 e. The van der Waals surface area contributed by atoms with Crippen molar-refractivity contribution >= 4 is 17.6 Å². The summed E-state index contributed by atoms with van der Waals surface area (Å²) < 4.78 is 4.57. The van der Waals surface area contributed by atoms with Crippen LogP contribution in [-0.4, -0.2) is 13.1 Å². The molecule has 0 bridgehead atoms. The third kappa shape index (κ3) is 3.49. The van der Waals surface area contributed by atoms with Crippen molar-refractivity contribution in [2.45, 2.75) is 0 Å². The van der Waals surface area contributed by atoms with Crippen LogP contribution in [0.25, 0.3) is 0 Å². The molecule has 2 nitrogen and oxygen atoms in total. The van der Waals surface area contributed by atoms with E-state index in [1.165, 1.54) is 18.7 Å². The first-order valence-electron chi connectivity index (χ1n) is 4.23. The molecule has 1 rings (SSSR count). The molecule has 0 aliphatic rings. The van der Waals surface area contributed by atoms with Gasteiger partial charge < -0.3 is 4.74 Å². The largest absolute Gasteiger partial charge is 0.465 e. The molecule has 76 valence electrons. The highest BCUT2D eigenvalue weighted by atomic mass is 35.5. The van der Waals surface area contributed by atoms with Crippen LogP contribution < -0.4 is 0 Å². The summed E-state index contributed by atoms with van der Waals surface area (Å²) in [4.78, 5) is 11.1. The monoisotopic (exact) mass is 220 g/mol. The van der Waals surface area contributed by atoms with Crippen LogP contribution in [0, 0.1) is 11.8 Å². The Morgan fingerprint density at radius 1 is 1.40 bits per heavy atom. The van der Waals surface area contributed by atoms with Crippen molar-refractivity contribution in [3.63, 3.8) is 0 Å². The Bertz CT molecular complexity index is 421. The van der Waals surface area contributed by atoms with Gasteiger partial charge in [0.05, 0.1) is 12.7 Å². The minimum Gasteiger partial charge on any atom is -0.465 e. The molecule has 0 aliphatic carbocycles. The number of allylic oxidation sites excluding steroid dienone is 1. The van der Waals surface area contributed by atoms with E-state index in [1.807, 2.05) is 0 Å². The van der Waals surface area contributed by atoms with Gasteiger partial charge in [0.1, 0.15) is 0 Å². The highest BCUT2D eigenvalue weighted by Crippen LogP contribution is 2.04. The lowest BCUT2D eigenvalue weighted by Crippen LogP contribution is -2.00. The maximum absolute atomic E-state index is 11.1. The van der Waals surface area contributed by atoms with Crippen molar-refractivity contribution in [2.75, 3.05) is 7.11 Å². The maximum atomic E-state index is 11.1. The van der Waals surface area contributed by atoms with Gasteiger partial charge in [-0.25, -0.2) is 4.79 Å². The van der Waals surface area contributed by atoms with E-state index < -0.39 is 0 Å². The van der Waals surface area contributed by atoms with Crippen molar-refractivity contribution in [3.8, 4) is 11.8 Å². The number of hydrogen-bond acceptors (Lipinski definition) is 2. The zero-order valence-corrected chi connectivity index (χ0v) is 8.91. The predicted molar refractivity (Wildman–Crippen MR) is 59.7 cm³/mol. The summed E-state index contributed by atoms with van der Waals surface area (Å²) in [5, 5.41) is 0. The molecule has 0 spiro atoms. The van der Waals surface area contributed by atoms with Gasteiger partial charge >= 0.3 is 5.97 Å². The first kappa shape index (κ1) is 11.4. The number of halogens is 1. The second-order valence-electron chi connectivity index (χ2n) is 2.63. The Morgan fingerprint density at radius 3 is 2.60 bits per heavy atom. The molecule has 0 aromatic heterocycles. The first-order valence-corrected chi connectivity index (χ1v) is 4.66. The zero-order chi connectivity index (χ0) is 11.1. The minimum absolute atomic E-state index is 0.352. The van der Waals surface area contributed by atoms with E-state index in [4.69, 9.17) is 11.6 Å². The van der Waals surface area contributed by atoms with Crippen LogP contribution >= 0.6 is 11.6 Å². The summed E-state index contributed by atoms with van der Waals surface area (Å²) >= 11 is 5.31. The van der Waals surface area contributed by atoms with Crippen LogP contribution in [0.3, 0.4) is 0 Å². The molecular formula is C12H9ClO2. The van der Waals surface area contributed by atoms with Gasteiger partial charge in [0.2, 0.25) is 0 Å². The molecule has 15 heavy (non-hydrogen) atoms. The molecule has 3 heteroatoms. The molecule has 0 unspecified atom stereocenters. The fourth-order valence-electron chi connectivity index (χ4n) is 0.964. The van der Waals surface area contributed by atoms with Gasteiger partial charge in [-0.1, -0.05) is 23.4 Å². The van der Waals surface area contributed by atoms with E-state index in [0.717, 1.165) is 5.56 Å². The topological polar surface area (TPSA) is 26.3 Å². The third-order valence-electron chi connectivity index (χ3n) is 1.67. The average Bonchev–Trinajstić information content (AvgIpc) is 2.29. The molecule has 1 aromatic carbocycles. The summed E-state index contributed by atoms with van der Waals surface area (Å²) in [5.74, 6) is 5.24. The van der Waals surface area contributed by atoms with Gasteiger partial charge in [0.25, 0.3) is 0 Å². The van der Waals surface area contributed by atoms with Gasteiger partial charge in [-0.2, -0.15) is 0 Å². The van der Waals surface area contributed by atoms with E-state index in [1.54, 1.807) is 24.3 Å². The van der Waals surface area contributed by atoms with Crippen LogP contribution in [0.2, 0.25) is 0 Å². The summed E-state index contributed by atoms with van der Waals surface area (Å²) in [7, 11) is 1.35. The van der Waals surface area contributed by atoms with E-state index >= 15 is 0 Å². The Labute approximate surface area is 93.5 Å². The normalized spacial score (nSPS) is 9.47. The van der Waals surface area contributed by atoms with Crippen LogP contribution in [0.1, 0.15) is 15.9 Å². The highest BCUT2D eigenvalue weighted by Gasteiger charge is 2.02. The number of ether oxygens (including phenoxy) is 1. The predicted octanol–water partition coefficient (Wildman–Crippen LogP) is 2.58. The number of carbonyl (C=O) groups excluding carboxylic acids is 1. The van der Waals surface area contributed by atoms with Crippen LogP contribution in [0.4, 0.5) is 0 Å². The molecule has 0 amide bonds. The van der Waals surface area contributed by atoms with E-state index in [-0.39, 0.29) is 5.97 Å². The maximum Gasteiger partial charge on any atom is 0.337 e. The van der Waals surface area contributed by atoms with E-state index in [0.29, 0.717) is 5.56 Å². The summed E-state index contributed by atoms with van der Waals surface area (Å²) in [6, 6.07) is 6.84. The number of carbonyl (C=O) groups is 1. The second kappa shape index (κ2) is 5.90. The number of benzene rings is 1. The molecule has 0 N–H and O–H groups in total. The molecular weight excluding hydrogens is 212 g/mol. The molecule has 0 saturated heterocycles. The quantitative estimate of drug-likeness (QED) is 0.537. The van der Waals surface area contributed by atoms with Crippen molar-refractivity contribution in [3.05, 3.63) is 47.0 Å². The second-order valence-corrected chi connectivity index (χ2v) is 2.88. The van der Waals surface area contributed by atoms with Gasteiger partial charge in [0, 0.05) is 11.1 Å². The van der Waals surface area contributed by atoms with Crippen molar-refractivity contribution < 1.29 is 9.53 Å². The SMILES string of the molecule is COC(=O)c1ccc(C#C/C=C/Cl)cc1. The lowest BCUT2D eigenvalue weighted by molar-refractivity contribution is 0.0601. The van der Waals surface area contributed by atoms with Crippen molar-refractivity contribution in [2.24, 2.45) is 0 Å². The van der Waals surface area contributed by atoms with E-state index in [2.05, 4.69) is 16.6 Å². The Kier molecular flexibility index (Phi) is 4.46. The number of esters is 1. The molecule has 0 saturated carbocycles. The highest BCUT2D eigenvalue weighted by molar-refractivity contribution is 6.25. The van der Waals surface area contributed by atoms with Gasteiger partial charge in [-0.05, 0) is 30.3 Å². The standard InChI is InChI=1S/C12H9ClO2/c1-15-12(14)11-7-5-10(6-8-11)4-2-3-9-13/h3,5-9H,1H3/b9-3+. The lowest BCUT2D eigenvalue weighted by atomic mass is 10.1. The average molecular weight is 221 g/mol. The number of rotatable bonds is 1. The summed E-state index contributed by atoms with van der Waals surface area (Å²) in [5.41, 5.74) is 2.67. The van der Waals surface area contributed by atoms with Crippen molar-refractivity contribution in [1.82, 2.24) is 0 Å². The zero-order valence-electron chi connectivity index (χ0n) is 8.16. The fourth-order valence-corrected chi connectivity index (χ4v) is 1.03. The van der Waals surface area contributed by atoms with Gasteiger partial charge in [0.15, 0.2) is 0 Å². The molecule has 0 heterocycles. The van der Waals surface area contributed by atoms with Crippen LogP contribution in [0.15, 0.2) is 35.9 Å². The van der Waals surface area contributed by atoms with Crippen molar-refractivity contribution in [1.29, 1.82) is 0 Å². The molecule has 0 radical (unpaired) electrons. The first-order chi connectivity index (χ1) is 7.27. The Morgan fingerprint density at radius 2 is 2.07 bits per heavy atom. The summed E-state index contributed by atoms with van der Waals surface area (Å²) in [6.07, 6.45) is 1.54. The van der Waals surface area contributed by atoms with E-state index in [9.17, 15) is 4.79 Å². The van der Waals surface area contributed by atoms with Gasteiger partial charge in [-0.15, -0.1) is 0 Å². The molecule has 0 fully saturated rings. The van der Waals surface area contributed by atoms with Gasteiger partial charge in [-0.3, -0.25) is 0 Å². The molecule has 0 atom stereocenters. The minimum atomic E-state index is -0.352. The van der Waals surface area contributed by atoms with Crippen LogP contribution in [0.5, 0.6) is 0 Å². The molecule has 1 aromatic rings. The number of hydrogen-bond donors (Lipinski definition) is 0. The third-order valence-corrected chi connectivity index (χ3v) is 1.79. The fraction of sp³-hybridized carbons (Fsp3) is 0.0833. The Balaban J connectivity index is 2.82. The Hall–Kier alpha value is -1.72.